The number of amidine groups is 1. The Morgan fingerprint density at radius 1 is 1.16 bits per heavy atom. The first-order chi connectivity index (χ1) is 15.1. The van der Waals surface area contributed by atoms with Crippen LogP contribution in [0.15, 0.2) is 70.9 Å². The van der Waals surface area contributed by atoms with E-state index < -0.39 is 5.25 Å². The highest BCUT2D eigenvalue weighted by molar-refractivity contribution is 8.15. The second-order valence-electron chi connectivity index (χ2n) is 7.66. The highest BCUT2D eigenvalue weighted by Gasteiger charge is 2.32. The number of hydrogen-bond donors (Lipinski definition) is 2. The van der Waals surface area contributed by atoms with Crippen molar-refractivity contribution in [2.45, 2.75) is 31.4 Å². The standard InChI is InChI=1S/C24H24N4O2S/c1-16-7-12-19(13-8-16)25-22(29)15-21-23(30)26-24(31-21)28-27-20(18-10-11-18)14-9-17-5-3-2-4-6-17/h2-9,12-14,18,21H,10-11,15H2,1H3,(H,25,29)(H,26,28,30)/b14-9+,27-20?/t21-/m0/s1. The summed E-state index contributed by atoms with van der Waals surface area (Å²) in [5.41, 5.74) is 3.85. The smallest absolute Gasteiger partial charge is 0.240 e. The number of nitrogens with zero attached hydrogens (tertiary/aromatic N) is 2. The molecule has 0 aromatic heterocycles. The minimum Gasteiger partial charge on any atom is -0.326 e. The minimum absolute atomic E-state index is 0.0799. The van der Waals surface area contributed by atoms with Crippen molar-refractivity contribution in [2.75, 3.05) is 5.32 Å². The lowest BCUT2D eigenvalue weighted by molar-refractivity contribution is -0.122. The van der Waals surface area contributed by atoms with E-state index in [0.29, 0.717) is 11.1 Å². The average Bonchev–Trinajstić information content (AvgIpc) is 3.55. The third-order valence-electron chi connectivity index (χ3n) is 4.98. The predicted molar refractivity (Wildman–Crippen MR) is 127 cm³/mol. The van der Waals surface area contributed by atoms with E-state index in [1.165, 1.54) is 11.8 Å². The molecule has 6 nitrogen and oxygen atoms in total. The molecular formula is C24H24N4O2S. The average molecular weight is 433 g/mol. The van der Waals surface area contributed by atoms with Crippen LogP contribution in [-0.4, -0.2) is 27.9 Å². The first-order valence-corrected chi connectivity index (χ1v) is 11.2. The van der Waals surface area contributed by atoms with Crippen LogP contribution < -0.4 is 10.6 Å². The van der Waals surface area contributed by atoms with E-state index in [-0.39, 0.29) is 18.2 Å². The molecule has 2 fully saturated rings. The summed E-state index contributed by atoms with van der Waals surface area (Å²) in [4.78, 5) is 24.6. The molecule has 1 atom stereocenters. The zero-order valence-electron chi connectivity index (χ0n) is 17.2. The Kier molecular flexibility index (Phi) is 6.62. The summed E-state index contributed by atoms with van der Waals surface area (Å²) in [5, 5.41) is 14.1. The molecule has 2 aromatic rings. The summed E-state index contributed by atoms with van der Waals surface area (Å²) in [5.74, 6) is -0.000903. The summed E-state index contributed by atoms with van der Waals surface area (Å²) >= 11 is 1.25. The molecular weight excluding hydrogens is 408 g/mol. The van der Waals surface area contributed by atoms with Crippen molar-refractivity contribution in [3.63, 3.8) is 0 Å². The highest BCUT2D eigenvalue weighted by atomic mass is 32.2. The Hall–Kier alpha value is -3.19. The Morgan fingerprint density at radius 3 is 2.61 bits per heavy atom. The third-order valence-corrected chi connectivity index (χ3v) is 6.05. The number of carbonyl (C=O) groups excluding carboxylic acids is 2. The predicted octanol–water partition coefficient (Wildman–Crippen LogP) is 4.39. The summed E-state index contributed by atoms with van der Waals surface area (Å²) in [6, 6.07) is 17.6. The molecule has 0 bridgehead atoms. The van der Waals surface area contributed by atoms with Gasteiger partial charge < -0.3 is 10.6 Å². The van der Waals surface area contributed by atoms with Crippen LogP contribution in [-0.2, 0) is 9.59 Å². The lowest BCUT2D eigenvalue weighted by Crippen LogP contribution is -2.28. The van der Waals surface area contributed by atoms with E-state index in [4.69, 9.17) is 0 Å². The summed E-state index contributed by atoms with van der Waals surface area (Å²) in [6.45, 7) is 1.99. The van der Waals surface area contributed by atoms with Gasteiger partial charge in [-0.15, -0.1) is 5.10 Å². The number of nitrogens with one attached hydrogen (secondary N) is 2. The molecule has 2 N–H and O–H groups in total. The molecule has 0 radical (unpaired) electrons. The number of aryl methyl sites for hydroxylation is 1. The van der Waals surface area contributed by atoms with Crippen LogP contribution in [0.5, 0.6) is 0 Å². The van der Waals surface area contributed by atoms with Crippen molar-refractivity contribution in [3.8, 4) is 0 Å². The number of rotatable bonds is 7. The van der Waals surface area contributed by atoms with Gasteiger partial charge in [-0.2, -0.15) is 5.10 Å². The van der Waals surface area contributed by atoms with E-state index in [1.54, 1.807) is 0 Å². The van der Waals surface area contributed by atoms with Gasteiger partial charge in [-0.25, -0.2) is 0 Å². The molecule has 1 saturated carbocycles. The summed E-state index contributed by atoms with van der Waals surface area (Å²) < 4.78 is 0. The summed E-state index contributed by atoms with van der Waals surface area (Å²) in [7, 11) is 0. The van der Waals surface area contributed by atoms with Crippen LogP contribution in [0, 0.1) is 12.8 Å². The molecule has 1 aliphatic carbocycles. The Morgan fingerprint density at radius 2 is 1.90 bits per heavy atom. The largest absolute Gasteiger partial charge is 0.326 e. The lowest BCUT2D eigenvalue weighted by Gasteiger charge is -2.07. The number of benzene rings is 2. The van der Waals surface area contributed by atoms with Gasteiger partial charge in [0.2, 0.25) is 11.8 Å². The number of allylic oxidation sites excluding steroid dienone is 1. The molecule has 4 rings (SSSR count). The van der Waals surface area contributed by atoms with Crippen molar-refractivity contribution in [3.05, 3.63) is 71.8 Å². The monoisotopic (exact) mass is 432 g/mol. The van der Waals surface area contributed by atoms with Crippen LogP contribution in [0.4, 0.5) is 5.69 Å². The molecule has 158 valence electrons. The molecule has 0 unspecified atom stereocenters. The van der Waals surface area contributed by atoms with Crippen LogP contribution in [0.1, 0.15) is 30.4 Å². The number of hydrogen-bond acceptors (Lipinski definition) is 5. The molecule has 2 aliphatic rings. The van der Waals surface area contributed by atoms with Gasteiger partial charge in [0, 0.05) is 18.0 Å². The quantitative estimate of drug-likeness (QED) is 0.503. The number of anilines is 1. The van der Waals surface area contributed by atoms with Gasteiger partial charge in [0.15, 0.2) is 5.17 Å². The van der Waals surface area contributed by atoms with Crippen molar-refractivity contribution >= 4 is 46.2 Å². The second kappa shape index (κ2) is 9.75. The van der Waals surface area contributed by atoms with E-state index in [9.17, 15) is 9.59 Å². The van der Waals surface area contributed by atoms with Gasteiger partial charge >= 0.3 is 0 Å². The van der Waals surface area contributed by atoms with E-state index >= 15 is 0 Å². The molecule has 0 spiro atoms. The maximum absolute atomic E-state index is 12.3. The van der Waals surface area contributed by atoms with E-state index in [1.807, 2.05) is 73.7 Å². The normalized spacial score (nSPS) is 20.3. The Balaban J connectivity index is 1.36. The maximum atomic E-state index is 12.3. The molecule has 1 aliphatic heterocycles. The molecule has 1 saturated heterocycles. The topological polar surface area (TPSA) is 82.9 Å². The molecule has 1 heterocycles. The molecule has 7 heteroatoms. The van der Waals surface area contributed by atoms with Gasteiger partial charge in [0.1, 0.15) is 5.25 Å². The van der Waals surface area contributed by atoms with E-state index in [2.05, 4.69) is 20.8 Å². The van der Waals surface area contributed by atoms with Gasteiger partial charge in [-0.1, -0.05) is 65.9 Å². The van der Waals surface area contributed by atoms with Gasteiger partial charge in [0.25, 0.3) is 0 Å². The van der Waals surface area contributed by atoms with Gasteiger partial charge in [-0.3, -0.25) is 9.59 Å². The van der Waals surface area contributed by atoms with Crippen molar-refractivity contribution < 1.29 is 9.59 Å². The highest BCUT2D eigenvalue weighted by Crippen LogP contribution is 2.32. The van der Waals surface area contributed by atoms with Gasteiger partial charge in [0.05, 0.1) is 5.71 Å². The third kappa shape index (κ3) is 6.15. The summed E-state index contributed by atoms with van der Waals surface area (Å²) in [6.07, 6.45) is 6.30. The Labute approximate surface area is 185 Å². The molecule has 2 amide bonds. The van der Waals surface area contributed by atoms with Crippen LogP contribution in [0.2, 0.25) is 0 Å². The lowest BCUT2D eigenvalue weighted by atomic mass is 10.1. The zero-order chi connectivity index (χ0) is 21.6. The van der Waals surface area contributed by atoms with Crippen LogP contribution in [0.3, 0.4) is 0 Å². The fraction of sp³-hybridized carbons (Fsp3) is 0.250. The van der Waals surface area contributed by atoms with Crippen molar-refractivity contribution in [1.82, 2.24) is 5.32 Å². The fourth-order valence-corrected chi connectivity index (χ4v) is 4.00. The maximum Gasteiger partial charge on any atom is 0.240 e. The SMILES string of the molecule is Cc1ccc(NC(=O)C[C@@H]2SC(=NN=C(/C=C/c3ccccc3)C3CC3)NC2=O)cc1. The minimum atomic E-state index is -0.511. The first kappa shape index (κ1) is 21.1. The number of thioether (sulfide) groups is 1. The number of amides is 2. The van der Waals surface area contributed by atoms with E-state index in [0.717, 1.165) is 35.4 Å². The molecule has 31 heavy (non-hydrogen) atoms. The second-order valence-corrected chi connectivity index (χ2v) is 8.85. The van der Waals surface area contributed by atoms with Crippen molar-refractivity contribution in [2.24, 2.45) is 16.1 Å². The van der Waals surface area contributed by atoms with Crippen LogP contribution in [0.25, 0.3) is 6.08 Å². The number of carbonyl (C=O) groups is 2. The Bertz CT molecular complexity index is 1040. The zero-order valence-corrected chi connectivity index (χ0v) is 18.1. The van der Waals surface area contributed by atoms with Crippen LogP contribution >= 0.6 is 11.8 Å². The van der Waals surface area contributed by atoms with Crippen molar-refractivity contribution in [1.29, 1.82) is 0 Å². The first-order valence-electron chi connectivity index (χ1n) is 10.3. The molecule has 2 aromatic carbocycles. The van der Waals surface area contributed by atoms with Gasteiger partial charge in [-0.05, 0) is 43.5 Å². The fourth-order valence-electron chi connectivity index (χ4n) is 3.08.